The second kappa shape index (κ2) is 6.52. The number of nitrogens with one attached hydrogen (secondary N) is 1. The van der Waals surface area contributed by atoms with Crippen molar-refractivity contribution in [2.75, 3.05) is 19.6 Å². The zero-order valence-corrected chi connectivity index (χ0v) is 13.4. The van der Waals surface area contributed by atoms with Crippen molar-refractivity contribution in [2.45, 2.75) is 45.6 Å². The number of aliphatic hydroxyl groups is 1. The minimum Gasteiger partial charge on any atom is -0.466 e. The second-order valence-electron chi connectivity index (χ2n) is 6.11. The molecule has 0 bridgehead atoms. The molecule has 0 aromatic carbocycles. The molecule has 1 aromatic heterocycles. The van der Waals surface area contributed by atoms with Crippen molar-refractivity contribution in [2.24, 2.45) is 0 Å². The van der Waals surface area contributed by atoms with Crippen molar-refractivity contribution in [3.05, 3.63) is 23.2 Å². The van der Waals surface area contributed by atoms with Gasteiger partial charge in [0, 0.05) is 31.5 Å². The predicted molar refractivity (Wildman–Crippen MR) is 81.2 cm³/mol. The predicted octanol–water partition coefficient (Wildman–Crippen LogP) is 1.23. The second-order valence-corrected chi connectivity index (χ2v) is 6.11. The highest BCUT2D eigenvalue weighted by atomic mass is 16.3. The quantitative estimate of drug-likeness (QED) is 0.828. The lowest BCUT2D eigenvalue weighted by Crippen LogP contribution is -2.40. The molecule has 2 rings (SSSR count). The molecule has 0 radical (unpaired) electrons. The van der Waals surface area contributed by atoms with Crippen molar-refractivity contribution in [1.29, 1.82) is 0 Å². The molecule has 1 atom stereocenters. The van der Waals surface area contributed by atoms with Gasteiger partial charge in [-0.1, -0.05) is 0 Å². The van der Waals surface area contributed by atoms with Crippen molar-refractivity contribution < 1.29 is 19.1 Å². The van der Waals surface area contributed by atoms with Crippen LogP contribution in [0.2, 0.25) is 0 Å². The van der Waals surface area contributed by atoms with Crippen molar-refractivity contribution in [3.8, 4) is 0 Å². The minimum atomic E-state index is -1.18. The molecule has 2 N–H and O–H groups in total. The normalized spacial score (nSPS) is 17.6. The van der Waals surface area contributed by atoms with Crippen molar-refractivity contribution in [1.82, 2.24) is 10.2 Å². The molecule has 1 aliphatic heterocycles. The summed E-state index contributed by atoms with van der Waals surface area (Å²) in [6.45, 7) is 6.54. The number of likely N-dealkylation sites (tertiary alicyclic amines) is 1. The third kappa shape index (κ3) is 3.88. The van der Waals surface area contributed by atoms with Gasteiger partial charge in [0.2, 0.25) is 11.8 Å². The van der Waals surface area contributed by atoms with Gasteiger partial charge in [-0.2, -0.15) is 0 Å². The zero-order valence-electron chi connectivity index (χ0n) is 13.4. The number of aryl methyl sites for hydroxylation is 2. The summed E-state index contributed by atoms with van der Waals surface area (Å²) in [5.41, 5.74) is -0.499. The number of hydrogen-bond donors (Lipinski definition) is 2. The van der Waals surface area contributed by atoms with Gasteiger partial charge < -0.3 is 19.7 Å². The number of carbonyl (C=O) groups is 2. The Morgan fingerprint density at radius 2 is 2.23 bits per heavy atom. The van der Waals surface area contributed by atoms with Crippen LogP contribution in [0.4, 0.5) is 0 Å². The molecule has 22 heavy (non-hydrogen) atoms. The maximum absolute atomic E-state index is 11.9. The van der Waals surface area contributed by atoms with Crippen molar-refractivity contribution in [3.63, 3.8) is 0 Å². The summed E-state index contributed by atoms with van der Waals surface area (Å²) in [4.78, 5) is 25.1. The number of furan rings is 1. The van der Waals surface area contributed by atoms with Gasteiger partial charge in [0.25, 0.3) is 0 Å². The van der Waals surface area contributed by atoms with Crippen LogP contribution in [0.1, 0.15) is 43.3 Å². The first kappa shape index (κ1) is 16.5. The summed E-state index contributed by atoms with van der Waals surface area (Å²) in [6.07, 6.45) is 1.70. The molecule has 6 nitrogen and oxygen atoms in total. The average molecular weight is 308 g/mol. The van der Waals surface area contributed by atoms with Crippen LogP contribution in [-0.2, 0) is 15.2 Å². The fourth-order valence-corrected chi connectivity index (χ4v) is 2.80. The molecule has 1 aliphatic rings. The number of nitrogens with zero attached hydrogens (tertiary/aromatic N) is 1. The molecule has 2 amide bonds. The molecule has 1 fully saturated rings. The van der Waals surface area contributed by atoms with E-state index < -0.39 is 5.60 Å². The highest BCUT2D eigenvalue weighted by Crippen LogP contribution is 2.26. The van der Waals surface area contributed by atoms with E-state index in [9.17, 15) is 14.7 Å². The molecule has 0 spiro atoms. The van der Waals surface area contributed by atoms with Gasteiger partial charge in [-0.3, -0.25) is 9.59 Å². The van der Waals surface area contributed by atoms with Gasteiger partial charge in [0.05, 0.1) is 6.54 Å². The summed E-state index contributed by atoms with van der Waals surface area (Å²) < 4.78 is 5.42. The summed E-state index contributed by atoms with van der Waals surface area (Å²) in [5.74, 6) is 1.33. The molecule has 1 unspecified atom stereocenters. The molecule has 1 saturated heterocycles. The van der Waals surface area contributed by atoms with Crippen LogP contribution in [0, 0.1) is 13.8 Å². The Kier molecular flexibility index (Phi) is 4.90. The smallest absolute Gasteiger partial charge is 0.222 e. The maximum atomic E-state index is 11.9. The van der Waals surface area contributed by atoms with Crippen LogP contribution in [0.3, 0.4) is 0 Å². The first-order valence-electron chi connectivity index (χ1n) is 7.64. The summed E-state index contributed by atoms with van der Waals surface area (Å²) in [5, 5.41) is 13.2. The van der Waals surface area contributed by atoms with Crippen LogP contribution in [0.15, 0.2) is 10.5 Å². The topological polar surface area (TPSA) is 82.8 Å². The molecular weight excluding hydrogens is 284 g/mol. The first-order valence-corrected chi connectivity index (χ1v) is 7.64. The van der Waals surface area contributed by atoms with Gasteiger partial charge >= 0.3 is 0 Å². The Morgan fingerprint density at radius 3 is 2.77 bits per heavy atom. The Balaban J connectivity index is 1.82. The van der Waals surface area contributed by atoms with Gasteiger partial charge in [-0.25, -0.2) is 0 Å². The van der Waals surface area contributed by atoms with E-state index in [2.05, 4.69) is 5.32 Å². The SMILES string of the molecule is Cc1cc(C(C)(O)CNC(=O)CCN2CCCC2=O)c(C)o1. The van der Waals surface area contributed by atoms with E-state index in [4.69, 9.17) is 4.42 Å². The van der Waals surface area contributed by atoms with Gasteiger partial charge in [0.15, 0.2) is 0 Å². The number of hydrogen-bond acceptors (Lipinski definition) is 4. The van der Waals surface area contributed by atoms with E-state index in [1.54, 1.807) is 24.8 Å². The number of carbonyl (C=O) groups excluding carboxylic acids is 2. The molecule has 0 saturated carbocycles. The Bertz CT molecular complexity index is 562. The Labute approximate surface area is 130 Å². The van der Waals surface area contributed by atoms with Crippen LogP contribution >= 0.6 is 0 Å². The third-order valence-electron chi connectivity index (χ3n) is 4.03. The maximum Gasteiger partial charge on any atom is 0.222 e. The van der Waals surface area contributed by atoms with E-state index in [0.717, 1.165) is 18.7 Å². The number of rotatable bonds is 6. The van der Waals surface area contributed by atoms with Crippen LogP contribution in [0.5, 0.6) is 0 Å². The molecule has 2 heterocycles. The minimum absolute atomic E-state index is 0.111. The summed E-state index contributed by atoms with van der Waals surface area (Å²) in [6, 6.07) is 1.78. The van der Waals surface area contributed by atoms with E-state index >= 15 is 0 Å². The number of amides is 2. The van der Waals surface area contributed by atoms with E-state index in [0.29, 0.717) is 24.3 Å². The van der Waals surface area contributed by atoms with Gasteiger partial charge in [0.1, 0.15) is 17.1 Å². The molecule has 6 heteroatoms. The van der Waals surface area contributed by atoms with Crippen LogP contribution < -0.4 is 5.32 Å². The Hall–Kier alpha value is -1.82. The molecule has 1 aromatic rings. The van der Waals surface area contributed by atoms with E-state index in [1.807, 2.05) is 6.92 Å². The van der Waals surface area contributed by atoms with E-state index in [1.165, 1.54) is 0 Å². The highest BCUT2D eigenvalue weighted by molar-refractivity contribution is 5.80. The average Bonchev–Trinajstić information content (AvgIpc) is 3.00. The third-order valence-corrected chi connectivity index (χ3v) is 4.03. The molecular formula is C16H24N2O4. The van der Waals surface area contributed by atoms with Crippen molar-refractivity contribution >= 4 is 11.8 Å². The van der Waals surface area contributed by atoms with Gasteiger partial charge in [-0.15, -0.1) is 0 Å². The summed E-state index contributed by atoms with van der Waals surface area (Å²) >= 11 is 0. The first-order chi connectivity index (χ1) is 10.3. The molecule has 0 aliphatic carbocycles. The lowest BCUT2D eigenvalue weighted by molar-refractivity contribution is -0.128. The molecule has 122 valence electrons. The van der Waals surface area contributed by atoms with Gasteiger partial charge in [-0.05, 0) is 33.3 Å². The lowest BCUT2D eigenvalue weighted by Gasteiger charge is -2.23. The largest absolute Gasteiger partial charge is 0.466 e. The highest BCUT2D eigenvalue weighted by Gasteiger charge is 2.28. The fraction of sp³-hybridized carbons (Fsp3) is 0.625. The van der Waals surface area contributed by atoms with Crippen LogP contribution in [0.25, 0.3) is 0 Å². The summed E-state index contributed by atoms with van der Waals surface area (Å²) in [7, 11) is 0. The van der Waals surface area contributed by atoms with E-state index in [-0.39, 0.29) is 24.8 Å². The lowest BCUT2D eigenvalue weighted by atomic mass is 9.96. The zero-order chi connectivity index (χ0) is 16.3. The standard InChI is InChI=1S/C16H24N2O4/c1-11-9-13(12(2)22-11)16(3,21)10-17-14(19)6-8-18-7-4-5-15(18)20/h9,21H,4-8,10H2,1-3H3,(H,17,19). The van der Waals surface area contributed by atoms with Crippen LogP contribution in [-0.4, -0.2) is 41.5 Å². The monoisotopic (exact) mass is 308 g/mol. The fourth-order valence-electron chi connectivity index (χ4n) is 2.80. The Morgan fingerprint density at radius 1 is 1.50 bits per heavy atom.